The molecule has 0 fully saturated rings. The first-order chi connectivity index (χ1) is 7.25. The Morgan fingerprint density at radius 1 is 1.33 bits per heavy atom. The van der Waals surface area contributed by atoms with E-state index in [9.17, 15) is 4.79 Å². The molecule has 0 unspecified atom stereocenters. The van der Waals surface area contributed by atoms with E-state index < -0.39 is 0 Å². The number of hydrogen-bond acceptors (Lipinski definition) is 2. The Balaban J connectivity index is 2.44. The predicted octanol–water partition coefficient (Wildman–Crippen LogP) is 3.72. The molecule has 0 aliphatic rings. The SMILES string of the molecule is O=C(CCCCCCl)c1cccnc1Cl. The predicted molar refractivity (Wildman–Crippen MR) is 62.8 cm³/mol. The van der Waals surface area contributed by atoms with E-state index in [-0.39, 0.29) is 5.78 Å². The highest BCUT2D eigenvalue weighted by atomic mass is 35.5. The second-order valence-corrected chi connectivity index (χ2v) is 4.00. The van der Waals surface area contributed by atoms with Crippen LogP contribution in [0.2, 0.25) is 5.15 Å². The van der Waals surface area contributed by atoms with Crippen molar-refractivity contribution < 1.29 is 4.79 Å². The van der Waals surface area contributed by atoms with E-state index in [4.69, 9.17) is 23.2 Å². The summed E-state index contributed by atoms with van der Waals surface area (Å²) in [5, 5.41) is 0.292. The summed E-state index contributed by atoms with van der Waals surface area (Å²) in [6.45, 7) is 0. The third kappa shape index (κ3) is 4.18. The highest BCUT2D eigenvalue weighted by Crippen LogP contribution is 2.15. The van der Waals surface area contributed by atoms with Crippen LogP contribution in [-0.4, -0.2) is 16.6 Å². The maximum Gasteiger partial charge on any atom is 0.165 e. The molecule has 0 amide bonds. The number of hydrogen-bond donors (Lipinski definition) is 0. The molecule has 1 aromatic heterocycles. The standard InChI is InChI=1S/C11H13Cl2NO/c12-7-3-1-2-6-10(15)9-5-4-8-14-11(9)13/h4-5,8H,1-3,6-7H2. The smallest absolute Gasteiger partial charge is 0.165 e. The van der Waals surface area contributed by atoms with Crippen molar-refractivity contribution in [2.75, 3.05) is 5.88 Å². The lowest BCUT2D eigenvalue weighted by Gasteiger charge is -2.01. The number of ketones is 1. The highest BCUT2D eigenvalue weighted by molar-refractivity contribution is 6.32. The lowest BCUT2D eigenvalue weighted by molar-refractivity contribution is 0.0979. The van der Waals surface area contributed by atoms with Crippen molar-refractivity contribution in [2.24, 2.45) is 0 Å². The minimum absolute atomic E-state index is 0.0580. The van der Waals surface area contributed by atoms with Crippen LogP contribution in [0, 0.1) is 0 Å². The van der Waals surface area contributed by atoms with Gasteiger partial charge in [0.05, 0.1) is 5.56 Å². The van der Waals surface area contributed by atoms with Crippen molar-refractivity contribution in [2.45, 2.75) is 25.7 Å². The molecule has 82 valence electrons. The second kappa shape index (κ2) is 6.81. The zero-order valence-corrected chi connectivity index (χ0v) is 9.89. The molecule has 0 spiro atoms. The summed E-state index contributed by atoms with van der Waals surface area (Å²) < 4.78 is 0. The summed E-state index contributed by atoms with van der Waals surface area (Å²) in [5.41, 5.74) is 0.519. The van der Waals surface area contributed by atoms with Crippen LogP contribution in [0.5, 0.6) is 0 Å². The zero-order valence-electron chi connectivity index (χ0n) is 8.38. The number of alkyl halides is 1. The molecule has 0 bridgehead atoms. The first-order valence-corrected chi connectivity index (χ1v) is 5.86. The number of halogens is 2. The maximum absolute atomic E-state index is 11.7. The Kier molecular flexibility index (Phi) is 5.66. The minimum atomic E-state index is 0.0580. The van der Waals surface area contributed by atoms with Crippen molar-refractivity contribution in [1.29, 1.82) is 0 Å². The molecule has 15 heavy (non-hydrogen) atoms. The molecule has 0 aliphatic carbocycles. The fraction of sp³-hybridized carbons (Fsp3) is 0.455. The topological polar surface area (TPSA) is 30.0 Å². The number of nitrogens with zero attached hydrogens (tertiary/aromatic N) is 1. The largest absolute Gasteiger partial charge is 0.294 e. The number of pyridine rings is 1. The van der Waals surface area contributed by atoms with E-state index in [2.05, 4.69) is 4.98 Å². The van der Waals surface area contributed by atoms with Gasteiger partial charge in [-0.3, -0.25) is 4.79 Å². The molecule has 0 atom stereocenters. The average molecular weight is 246 g/mol. The maximum atomic E-state index is 11.7. The molecule has 0 saturated carbocycles. The molecular weight excluding hydrogens is 233 g/mol. The van der Waals surface area contributed by atoms with Crippen molar-refractivity contribution in [3.63, 3.8) is 0 Å². The quantitative estimate of drug-likeness (QED) is 0.331. The van der Waals surface area contributed by atoms with Gasteiger partial charge in [0.2, 0.25) is 0 Å². The van der Waals surface area contributed by atoms with Gasteiger partial charge >= 0.3 is 0 Å². The molecule has 1 aromatic rings. The number of rotatable bonds is 6. The van der Waals surface area contributed by atoms with Crippen LogP contribution >= 0.6 is 23.2 Å². The van der Waals surface area contributed by atoms with Crippen LogP contribution < -0.4 is 0 Å². The van der Waals surface area contributed by atoms with Gasteiger partial charge < -0.3 is 0 Å². The van der Waals surface area contributed by atoms with Crippen LogP contribution in [0.3, 0.4) is 0 Å². The molecule has 0 saturated heterocycles. The van der Waals surface area contributed by atoms with Crippen LogP contribution in [0.1, 0.15) is 36.0 Å². The summed E-state index contributed by atoms with van der Waals surface area (Å²) in [7, 11) is 0. The van der Waals surface area contributed by atoms with Crippen molar-refractivity contribution in [1.82, 2.24) is 4.98 Å². The monoisotopic (exact) mass is 245 g/mol. The number of carbonyl (C=O) groups is 1. The molecule has 0 radical (unpaired) electrons. The molecule has 4 heteroatoms. The van der Waals surface area contributed by atoms with E-state index in [1.165, 1.54) is 0 Å². The first kappa shape index (κ1) is 12.5. The van der Waals surface area contributed by atoms with Crippen LogP contribution in [0.25, 0.3) is 0 Å². The Bertz CT molecular complexity index is 328. The van der Waals surface area contributed by atoms with Gasteiger partial charge in [0.1, 0.15) is 5.15 Å². The van der Waals surface area contributed by atoms with E-state index in [0.717, 1.165) is 19.3 Å². The first-order valence-electron chi connectivity index (χ1n) is 4.95. The van der Waals surface area contributed by atoms with E-state index in [1.807, 2.05) is 0 Å². The number of Topliss-reactive ketones (excluding diaryl/α,β-unsaturated/α-hetero) is 1. The van der Waals surface area contributed by atoms with Gasteiger partial charge in [-0.1, -0.05) is 18.0 Å². The lowest BCUT2D eigenvalue weighted by atomic mass is 10.1. The van der Waals surface area contributed by atoms with Gasteiger partial charge in [-0.15, -0.1) is 11.6 Å². The van der Waals surface area contributed by atoms with Gasteiger partial charge in [-0.05, 0) is 25.0 Å². The Morgan fingerprint density at radius 2 is 2.13 bits per heavy atom. The fourth-order valence-corrected chi connectivity index (χ4v) is 1.70. The van der Waals surface area contributed by atoms with Crippen molar-refractivity contribution in [3.8, 4) is 0 Å². The summed E-state index contributed by atoms with van der Waals surface area (Å²) in [6.07, 6.45) is 4.88. The summed E-state index contributed by atoms with van der Waals surface area (Å²) >= 11 is 11.3. The summed E-state index contributed by atoms with van der Waals surface area (Å²) in [4.78, 5) is 15.5. The molecule has 0 aliphatic heterocycles. The van der Waals surface area contributed by atoms with Gasteiger partial charge in [-0.25, -0.2) is 4.98 Å². The molecule has 1 rings (SSSR count). The Morgan fingerprint density at radius 3 is 2.80 bits per heavy atom. The van der Waals surface area contributed by atoms with Gasteiger partial charge in [0.15, 0.2) is 5.78 Å². The minimum Gasteiger partial charge on any atom is -0.294 e. The van der Waals surface area contributed by atoms with Gasteiger partial charge in [-0.2, -0.15) is 0 Å². The fourth-order valence-electron chi connectivity index (χ4n) is 1.29. The van der Waals surface area contributed by atoms with Gasteiger partial charge in [0.25, 0.3) is 0 Å². The lowest BCUT2D eigenvalue weighted by Crippen LogP contribution is -2.00. The van der Waals surface area contributed by atoms with Crippen molar-refractivity contribution in [3.05, 3.63) is 29.0 Å². The van der Waals surface area contributed by atoms with Crippen LogP contribution in [0.4, 0.5) is 0 Å². The molecular formula is C11H13Cl2NO. The summed E-state index contributed by atoms with van der Waals surface area (Å²) in [5.74, 6) is 0.713. The highest BCUT2D eigenvalue weighted by Gasteiger charge is 2.09. The number of unbranched alkanes of at least 4 members (excludes halogenated alkanes) is 2. The van der Waals surface area contributed by atoms with E-state index in [0.29, 0.717) is 23.0 Å². The molecule has 2 nitrogen and oxygen atoms in total. The van der Waals surface area contributed by atoms with E-state index in [1.54, 1.807) is 18.3 Å². The second-order valence-electron chi connectivity index (χ2n) is 3.26. The van der Waals surface area contributed by atoms with Gasteiger partial charge in [0, 0.05) is 18.5 Å². The number of aromatic nitrogens is 1. The zero-order chi connectivity index (χ0) is 11.1. The Labute approximate surface area is 99.6 Å². The van der Waals surface area contributed by atoms with Crippen LogP contribution in [0.15, 0.2) is 18.3 Å². The third-order valence-corrected chi connectivity index (χ3v) is 2.67. The van der Waals surface area contributed by atoms with Crippen molar-refractivity contribution >= 4 is 29.0 Å². The third-order valence-electron chi connectivity index (χ3n) is 2.10. The number of carbonyl (C=O) groups excluding carboxylic acids is 1. The van der Waals surface area contributed by atoms with E-state index >= 15 is 0 Å². The Hall–Kier alpha value is -0.600. The molecule has 0 aromatic carbocycles. The molecule has 1 heterocycles. The average Bonchev–Trinajstić information content (AvgIpc) is 2.25. The normalized spacial score (nSPS) is 10.3. The molecule has 0 N–H and O–H groups in total. The summed E-state index contributed by atoms with van der Waals surface area (Å²) in [6, 6.07) is 3.43. The van der Waals surface area contributed by atoms with Crippen LogP contribution in [-0.2, 0) is 0 Å².